The van der Waals surface area contributed by atoms with Gasteiger partial charge in [-0.25, -0.2) is 0 Å². The smallest absolute Gasteiger partial charge is 0.127 e. The lowest BCUT2D eigenvalue weighted by molar-refractivity contribution is 0.483. The van der Waals surface area contributed by atoms with Crippen molar-refractivity contribution in [2.75, 3.05) is 11.5 Å². The number of hydrogen-bond acceptors (Lipinski definition) is 3. The topological polar surface area (TPSA) is 61.3 Å². The van der Waals surface area contributed by atoms with Gasteiger partial charge in [-0.15, -0.1) is 0 Å². The molecule has 3 nitrogen and oxygen atoms in total. The molecule has 4 aromatic carbocycles. The quantitative estimate of drug-likeness (QED) is 0.444. The standard InChI is InChI=1S/C12H11NO.C12H11N/c13-10-6-8-12(9-7-10)14-11-4-2-1-3-5-11;13-12-8-6-11(7-9-12)10-4-2-1-3-5-10/h1-9H,13H2;1-9H,13H2. The Kier molecular flexibility index (Phi) is 6.10. The Balaban J connectivity index is 0.000000156. The molecule has 0 amide bonds. The molecule has 0 heterocycles. The van der Waals surface area contributed by atoms with Gasteiger partial charge in [0, 0.05) is 11.4 Å². The number of nitrogen functional groups attached to an aromatic ring is 2. The molecule has 4 aromatic rings. The highest BCUT2D eigenvalue weighted by molar-refractivity contribution is 5.65. The number of anilines is 2. The van der Waals surface area contributed by atoms with Crippen LogP contribution in [0.4, 0.5) is 11.4 Å². The van der Waals surface area contributed by atoms with Crippen molar-refractivity contribution in [2.45, 2.75) is 0 Å². The summed E-state index contributed by atoms with van der Waals surface area (Å²) >= 11 is 0. The van der Waals surface area contributed by atoms with E-state index < -0.39 is 0 Å². The second kappa shape index (κ2) is 9.11. The molecule has 4 rings (SSSR count). The first kappa shape index (κ1) is 18.1. The minimum Gasteiger partial charge on any atom is -0.457 e. The third kappa shape index (κ3) is 5.65. The summed E-state index contributed by atoms with van der Waals surface area (Å²) < 4.78 is 5.58. The molecule has 0 aromatic heterocycles. The Morgan fingerprint density at radius 3 is 1.37 bits per heavy atom. The molecule has 0 saturated heterocycles. The molecule has 3 heteroatoms. The van der Waals surface area contributed by atoms with E-state index in [1.807, 2.05) is 97.1 Å². The van der Waals surface area contributed by atoms with Gasteiger partial charge in [0.15, 0.2) is 0 Å². The molecule has 0 aliphatic heterocycles. The van der Waals surface area contributed by atoms with E-state index in [0.717, 1.165) is 22.9 Å². The Labute approximate surface area is 159 Å². The van der Waals surface area contributed by atoms with Gasteiger partial charge in [0.1, 0.15) is 11.5 Å². The van der Waals surface area contributed by atoms with E-state index in [0.29, 0.717) is 0 Å². The van der Waals surface area contributed by atoms with Crippen molar-refractivity contribution in [1.82, 2.24) is 0 Å². The molecular weight excluding hydrogens is 332 g/mol. The number of ether oxygens (including phenoxy) is 1. The summed E-state index contributed by atoms with van der Waals surface area (Å²) in [5, 5.41) is 0. The Morgan fingerprint density at radius 1 is 0.407 bits per heavy atom. The molecule has 0 saturated carbocycles. The fourth-order valence-corrected chi connectivity index (χ4v) is 2.47. The zero-order valence-electron chi connectivity index (χ0n) is 15.0. The van der Waals surface area contributed by atoms with E-state index in [1.54, 1.807) is 0 Å². The average Bonchev–Trinajstić information content (AvgIpc) is 2.72. The zero-order chi connectivity index (χ0) is 18.9. The molecule has 4 N–H and O–H groups in total. The number of rotatable bonds is 3. The number of para-hydroxylation sites is 1. The van der Waals surface area contributed by atoms with E-state index in [2.05, 4.69) is 12.1 Å². The van der Waals surface area contributed by atoms with Crippen molar-refractivity contribution in [3.63, 3.8) is 0 Å². The van der Waals surface area contributed by atoms with Gasteiger partial charge in [0.05, 0.1) is 0 Å². The number of hydrogen-bond donors (Lipinski definition) is 2. The van der Waals surface area contributed by atoms with E-state index in [1.165, 1.54) is 11.1 Å². The second-order valence-corrected chi connectivity index (χ2v) is 5.97. The molecule has 0 aliphatic carbocycles. The molecule has 0 radical (unpaired) electrons. The SMILES string of the molecule is Nc1ccc(-c2ccccc2)cc1.Nc1ccc(Oc2ccccc2)cc1. The largest absolute Gasteiger partial charge is 0.457 e. The van der Waals surface area contributed by atoms with Crippen LogP contribution in [0.25, 0.3) is 11.1 Å². The molecular formula is C24H22N2O. The molecule has 134 valence electrons. The van der Waals surface area contributed by atoms with Crippen molar-refractivity contribution in [3.05, 3.63) is 109 Å². The lowest BCUT2D eigenvalue weighted by atomic mass is 10.1. The lowest BCUT2D eigenvalue weighted by Crippen LogP contribution is -1.85. The van der Waals surface area contributed by atoms with Crippen molar-refractivity contribution in [2.24, 2.45) is 0 Å². The minimum atomic E-state index is 0.741. The fourth-order valence-electron chi connectivity index (χ4n) is 2.47. The second-order valence-electron chi connectivity index (χ2n) is 5.97. The molecule has 0 aliphatic rings. The first-order valence-electron chi connectivity index (χ1n) is 8.70. The molecule has 0 fully saturated rings. The lowest BCUT2D eigenvalue weighted by Gasteiger charge is -2.04. The van der Waals surface area contributed by atoms with Gasteiger partial charge >= 0.3 is 0 Å². The van der Waals surface area contributed by atoms with Crippen LogP contribution in [0.1, 0.15) is 0 Å². The van der Waals surface area contributed by atoms with Gasteiger partial charge < -0.3 is 16.2 Å². The Hall–Kier alpha value is -3.72. The van der Waals surface area contributed by atoms with Crippen molar-refractivity contribution < 1.29 is 4.74 Å². The van der Waals surface area contributed by atoms with Crippen molar-refractivity contribution in [1.29, 1.82) is 0 Å². The Bertz CT molecular complexity index is 935. The maximum absolute atomic E-state index is 5.60. The van der Waals surface area contributed by atoms with Crippen LogP contribution in [0.15, 0.2) is 109 Å². The maximum Gasteiger partial charge on any atom is 0.127 e. The summed E-state index contributed by atoms with van der Waals surface area (Å²) in [6.45, 7) is 0. The van der Waals surface area contributed by atoms with Crippen LogP contribution in [-0.2, 0) is 0 Å². The summed E-state index contributed by atoms with van der Waals surface area (Å²) in [5.74, 6) is 1.63. The zero-order valence-corrected chi connectivity index (χ0v) is 15.0. The molecule has 27 heavy (non-hydrogen) atoms. The van der Waals surface area contributed by atoms with Crippen LogP contribution in [0, 0.1) is 0 Å². The predicted molar refractivity (Wildman–Crippen MR) is 114 cm³/mol. The van der Waals surface area contributed by atoms with E-state index in [-0.39, 0.29) is 0 Å². The van der Waals surface area contributed by atoms with Crippen LogP contribution in [0.5, 0.6) is 11.5 Å². The first-order chi connectivity index (χ1) is 13.2. The highest BCUT2D eigenvalue weighted by Gasteiger charge is 1.95. The van der Waals surface area contributed by atoms with Crippen molar-refractivity contribution in [3.8, 4) is 22.6 Å². The monoisotopic (exact) mass is 354 g/mol. The van der Waals surface area contributed by atoms with Gasteiger partial charge in [-0.1, -0.05) is 60.7 Å². The normalized spacial score (nSPS) is 9.78. The average molecular weight is 354 g/mol. The summed E-state index contributed by atoms with van der Waals surface area (Å²) in [6.07, 6.45) is 0. The van der Waals surface area contributed by atoms with Crippen molar-refractivity contribution >= 4 is 11.4 Å². The Morgan fingerprint density at radius 2 is 0.815 bits per heavy atom. The summed E-state index contributed by atoms with van der Waals surface area (Å²) in [5.41, 5.74) is 15.1. The van der Waals surface area contributed by atoms with Crippen LogP contribution in [0.2, 0.25) is 0 Å². The molecule has 0 spiro atoms. The maximum atomic E-state index is 5.60. The molecule has 0 atom stereocenters. The van der Waals surface area contributed by atoms with Crippen LogP contribution >= 0.6 is 0 Å². The van der Waals surface area contributed by atoms with Gasteiger partial charge in [-0.3, -0.25) is 0 Å². The van der Waals surface area contributed by atoms with E-state index in [4.69, 9.17) is 16.2 Å². The minimum absolute atomic E-state index is 0.741. The number of nitrogens with two attached hydrogens (primary N) is 2. The van der Waals surface area contributed by atoms with Crippen LogP contribution in [0.3, 0.4) is 0 Å². The van der Waals surface area contributed by atoms with Gasteiger partial charge in [-0.2, -0.15) is 0 Å². The summed E-state index contributed by atoms with van der Waals surface area (Å²) in [6, 6.07) is 35.2. The van der Waals surface area contributed by atoms with E-state index in [9.17, 15) is 0 Å². The van der Waals surface area contributed by atoms with Gasteiger partial charge in [-0.05, 0) is 59.7 Å². The van der Waals surface area contributed by atoms with Gasteiger partial charge in [0.25, 0.3) is 0 Å². The fraction of sp³-hybridized carbons (Fsp3) is 0. The molecule has 0 unspecified atom stereocenters. The third-order valence-electron chi connectivity index (χ3n) is 3.88. The third-order valence-corrected chi connectivity index (χ3v) is 3.88. The number of benzene rings is 4. The summed E-state index contributed by atoms with van der Waals surface area (Å²) in [7, 11) is 0. The van der Waals surface area contributed by atoms with Gasteiger partial charge in [0.2, 0.25) is 0 Å². The van der Waals surface area contributed by atoms with Crippen LogP contribution in [-0.4, -0.2) is 0 Å². The first-order valence-corrected chi connectivity index (χ1v) is 8.70. The highest BCUT2D eigenvalue weighted by Crippen LogP contribution is 2.21. The predicted octanol–water partition coefficient (Wildman–Crippen LogP) is 6.00. The highest BCUT2D eigenvalue weighted by atomic mass is 16.5. The summed E-state index contributed by atoms with van der Waals surface area (Å²) in [4.78, 5) is 0. The molecule has 0 bridgehead atoms. The van der Waals surface area contributed by atoms with Crippen LogP contribution < -0.4 is 16.2 Å². The van der Waals surface area contributed by atoms with E-state index >= 15 is 0 Å².